The molecule has 0 radical (unpaired) electrons. The molecule has 0 atom stereocenters. The summed E-state index contributed by atoms with van der Waals surface area (Å²) in [6.45, 7) is 9.37. The van der Waals surface area contributed by atoms with Crippen LogP contribution in [-0.2, 0) is 0 Å². The number of rotatable bonds is 2. The lowest BCUT2D eigenvalue weighted by Crippen LogP contribution is -1.84. The largest absolute Gasteiger partial charge is 0.192 e. The Labute approximate surface area is 78.6 Å². The highest BCUT2D eigenvalue weighted by molar-refractivity contribution is 5.76. The average molecular weight is 169 g/mol. The summed E-state index contributed by atoms with van der Waals surface area (Å²) in [5.41, 5.74) is 3.56. The molecule has 0 bridgehead atoms. The van der Waals surface area contributed by atoms with Crippen LogP contribution in [0.4, 0.5) is 0 Å². The van der Waals surface area contributed by atoms with E-state index in [9.17, 15) is 0 Å². The van der Waals surface area contributed by atoms with E-state index in [1.807, 2.05) is 31.2 Å². The number of hydrogen-bond acceptors (Lipinski definition) is 1. The number of hydrogen-bond donors (Lipinski definition) is 0. The third kappa shape index (κ3) is 1.86. The van der Waals surface area contributed by atoms with Gasteiger partial charge < -0.3 is 0 Å². The van der Waals surface area contributed by atoms with E-state index in [1.165, 1.54) is 0 Å². The first-order valence-corrected chi connectivity index (χ1v) is 4.01. The van der Waals surface area contributed by atoms with Crippen LogP contribution < -0.4 is 0 Å². The molecule has 13 heavy (non-hydrogen) atoms. The predicted molar refractivity (Wildman–Crippen MR) is 55.9 cm³/mol. The Morgan fingerprint density at radius 2 is 2.23 bits per heavy atom. The van der Waals surface area contributed by atoms with Crippen molar-refractivity contribution < 1.29 is 0 Å². The molecular formula is C12H11N. The van der Waals surface area contributed by atoms with Crippen LogP contribution in [0.3, 0.4) is 0 Å². The van der Waals surface area contributed by atoms with Gasteiger partial charge in [0, 0.05) is 0 Å². The second-order valence-corrected chi connectivity index (χ2v) is 2.87. The summed E-state index contributed by atoms with van der Waals surface area (Å²) in [5, 5.41) is 8.65. The zero-order chi connectivity index (χ0) is 9.84. The van der Waals surface area contributed by atoms with Crippen LogP contribution >= 0.6 is 0 Å². The van der Waals surface area contributed by atoms with Crippen LogP contribution in [0.25, 0.3) is 11.6 Å². The Kier molecular flexibility index (Phi) is 2.66. The van der Waals surface area contributed by atoms with Crippen molar-refractivity contribution in [1.82, 2.24) is 0 Å². The minimum Gasteiger partial charge on any atom is -0.192 e. The normalized spacial score (nSPS) is 8.92. The number of benzene rings is 1. The Hall–Kier alpha value is -1.81. The van der Waals surface area contributed by atoms with Crippen molar-refractivity contribution in [3.8, 4) is 6.07 Å². The van der Waals surface area contributed by atoms with Crippen LogP contribution in [-0.4, -0.2) is 0 Å². The van der Waals surface area contributed by atoms with Crippen LogP contribution in [0, 0.1) is 18.3 Å². The maximum absolute atomic E-state index is 8.65. The monoisotopic (exact) mass is 169 g/mol. The summed E-state index contributed by atoms with van der Waals surface area (Å²) in [7, 11) is 0. The van der Waals surface area contributed by atoms with E-state index >= 15 is 0 Å². The first-order chi connectivity index (χ1) is 6.19. The van der Waals surface area contributed by atoms with Crippen molar-refractivity contribution in [3.63, 3.8) is 0 Å². The molecule has 0 N–H and O–H groups in total. The molecular weight excluding hydrogens is 158 g/mol. The zero-order valence-electron chi connectivity index (χ0n) is 7.67. The molecule has 0 heterocycles. The highest BCUT2D eigenvalue weighted by atomic mass is 14.2. The lowest BCUT2D eigenvalue weighted by atomic mass is 10.0. The first-order valence-electron chi connectivity index (χ1n) is 4.01. The van der Waals surface area contributed by atoms with Crippen LogP contribution in [0.2, 0.25) is 0 Å². The van der Waals surface area contributed by atoms with E-state index in [0.29, 0.717) is 5.57 Å². The number of nitrogens with zero attached hydrogens (tertiary/aromatic N) is 1. The zero-order valence-corrected chi connectivity index (χ0v) is 7.67. The summed E-state index contributed by atoms with van der Waals surface area (Å²) < 4.78 is 0. The topological polar surface area (TPSA) is 23.8 Å². The molecule has 1 heteroatoms. The van der Waals surface area contributed by atoms with Crippen molar-refractivity contribution in [2.75, 3.05) is 0 Å². The van der Waals surface area contributed by atoms with Gasteiger partial charge in [0.15, 0.2) is 0 Å². The van der Waals surface area contributed by atoms with Gasteiger partial charge in [0.1, 0.15) is 0 Å². The van der Waals surface area contributed by atoms with E-state index in [4.69, 9.17) is 5.26 Å². The summed E-state index contributed by atoms with van der Waals surface area (Å²) in [6, 6.07) is 7.81. The van der Waals surface area contributed by atoms with Gasteiger partial charge in [0.05, 0.1) is 11.6 Å². The minimum absolute atomic E-state index is 0.489. The molecule has 1 aromatic rings. The number of allylic oxidation sites excluding steroid dienone is 1. The predicted octanol–water partition coefficient (Wildman–Crippen LogP) is 3.17. The fourth-order valence-electron chi connectivity index (χ4n) is 1.11. The molecule has 0 aromatic heterocycles. The smallest absolute Gasteiger partial charge is 0.0991 e. The molecule has 0 aliphatic rings. The lowest BCUT2D eigenvalue weighted by Gasteiger charge is -2.02. The van der Waals surface area contributed by atoms with Crippen molar-refractivity contribution in [2.24, 2.45) is 0 Å². The molecule has 0 aliphatic heterocycles. The van der Waals surface area contributed by atoms with Gasteiger partial charge in [-0.25, -0.2) is 0 Å². The fraction of sp³-hybridized carbons (Fsp3) is 0.0833. The average Bonchev–Trinajstić information content (AvgIpc) is 2.17. The highest BCUT2D eigenvalue weighted by Crippen LogP contribution is 2.17. The van der Waals surface area contributed by atoms with E-state index in [-0.39, 0.29) is 0 Å². The van der Waals surface area contributed by atoms with Gasteiger partial charge in [0.25, 0.3) is 0 Å². The Bertz CT molecular complexity index is 394. The fourth-order valence-corrected chi connectivity index (χ4v) is 1.11. The third-order valence-corrected chi connectivity index (χ3v) is 1.98. The van der Waals surface area contributed by atoms with Crippen molar-refractivity contribution in [2.45, 2.75) is 6.92 Å². The Morgan fingerprint density at radius 3 is 2.77 bits per heavy atom. The van der Waals surface area contributed by atoms with E-state index < -0.39 is 0 Å². The second kappa shape index (κ2) is 3.73. The molecule has 64 valence electrons. The summed E-state index contributed by atoms with van der Waals surface area (Å²) in [6.07, 6.45) is 1.78. The number of nitriles is 1. The van der Waals surface area contributed by atoms with Gasteiger partial charge in [-0.05, 0) is 29.7 Å². The molecule has 0 unspecified atom stereocenters. The van der Waals surface area contributed by atoms with Crippen molar-refractivity contribution in [3.05, 3.63) is 48.0 Å². The molecule has 0 aliphatic carbocycles. The Morgan fingerprint density at radius 1 is 1.54 bits per heavy atom. The molecule has 0 fully saturated rings. The molecule has 1 nitrogen and oxygen atoms in total. The quantitative estimate of drug-likeness (QED) is 0.624. The summed E-state index contributed by atoms with van der Waals surface area (Å²) >= 11 is 0. The van der Waals surface area contributed by atoms with Gasteiger partial charge >= 0.3 is 0 Å². The first kappa shape index (κ1) is 9.28. The standard InChI is InChI=1S/C12H11N/c1-4-11-7-12(10(3)8-13)6-5-9(11)2/h4-7H,1,3H2,2H3. The Balaban J connectivity index is 3.23. The van der Waals surface area contributed by atoms with Crippen LogP contribution in [0.1, 0.15) is 16.7 Å². The van der Waals surface area contributed by atoms with E-state index in [1.54, 1.807) is 6.08 Å². The maximum atomic E-state index is 8.65. The van der Waals surface area contributed by atoms with E-state index in [2.05, 4.69) is 13.2 Å². The van der Waals surface area contributed by atoms with Gasteiger partial charge in [0.2, 0.25) is 0 Å². The molecule has 1 aromatic carbocycles. The van der Waals surface area contributed by atoms with Crippen LogP contribution in [0.5, 0.6) is 0 Å². The lowest BCUT2D eigenvalue weighted by molar-refractivity contribution is 1.42. The third-order valence-electron chi connectivity index (χ3n) is 1.98. The SMILES string of the molecule is C=Cc1cc(C(=C)C#N)ccc1C. The molecule has 0 amide bonds. The summed E-state index contributed by atoms with van der Waals surface area (Å²) in [5.74, 6) is 0. The second-order valence-electron chi connectivity index (χ2n) is 2.87. The van der Waals surface area contributed by atoms with Crippen molar-refractivity contribution >= 4 is 11.6 Å². The van der Waals surface area contributed by atoms with Crippen molar-refractivity contribution in [1.29, 1.82) is 5.26 Å². The van der Waals surface area contributed by atoms with Gasteiger partial charge in [-0.2, -0.15) is 5.26 Å². The molecule has 0 saturated heterocycles. The molecule has 1 rings (SSSR count). The molecule has 0 saturated carbocycles. The number of aryl methyl sites for hydroxylation is 1. The highest BCUT2D eigenvalue weighted by Gasteiger charge is 1.99. The van der Waals surface area contributed by atoms with Gasteiger partial charge in [-0.1, -0.05) is 31.4 Å². The van der Waals surface area contributed by atoms with E-state index in [0.717, 1.165) is 16.7 Å². The minimum atomic E-state index is 0.489. The van der Waals surface area contributed by atoms with Crippen LogP contribution in [0.15, 0.2) is 31.4 Å². The molecule has 0 spiro atoms. The summed E-state index contributed by atoms with van der Waals surface area (Å²) in [4.78, 5) is 0. The maximum Gasteiger partial charge on any atom is 0.0991 e. The van der Waals surface area contributed by atoms with Gasteiger partial charge in [-0.15, -0.1) is 0 Å². The van der Waals surface area contributed by atoms with Gasteiger partial charge in [-0.3, -0.25) is 0 Å².